The number of methoxy groups -OCH3 is 1. The summed E-state index contributed by atoms with van der Waals surface area (Å²) in [6, 6.07) is 19.2. The Hall–Kier alpha value is -3.45. The van der Waals surface area contributed by atoms with Crippen molar-refractivity contribution in [1.82, 2.24) is 0 Å². The van der Waals surface area contributed by atoms with Gasteiger partial charge < -0.3 is 14.2 Å². The molecule has 0 bridgehead atoms. The molecule has 0 heterocycles. The molecule has 4 rings (SSSR count). The van der Waals surface area contributed by atoms with E-state index in [1.807, 2.05) is 0 Å². The van der Waals surface area contributed by atoms with Crippen molar-refractivity contribution in [2.45, 2.75) is 43.9 Å². The number of halogens is 3. The van der Waals surface area contributed by atoms with Gasteiger partial charge in [0.1, 0.15) is 5.75 Å². The summed E-state index contributed by atoms with van der Waals surface area (Å²) in [5.74, 6) is -3.29. The van der Waals surface area contributed by atoms with E-state index >= 15 is 4.39 Å². The first kappa shape index (κ1) is 26.6. The number of benzene rings is 3. The molecule has 3 atom stereocenters. The van der Waals surface area contributed by atoms with Crippen LogP contribution in [0.2, 0.25) is 5.02 Å². The minimum atomic E-state index is -2.72. The monoisotopic (exact) mass is 528 g/mol. The van der Waals surface area contributed by atoms with E-state index < -0.39 is 35.4 Å². The molecule has 5 nitrogen and oxygen atoms in total. The Balaban J connectivity index is 1.74. The van der Waals surface area contributed by atoms with Crippen molar-refractivity contribution in [1.29, 1.82) is 0 Å². The van der Waals surface area contributed by atoms with Crippen LogP contribution in [0, 0.1) is 11.7 Å². The Labute approximate surface area is 219 Å². The van der Waals surface area contributed by atoms with Crippen LogP contribution in [0.1, 0.15) is 36.8 Å². The zero-order valence-corrected chi connectivity index (χ0v) is 21.2. The summed E-state index contributed by atoms with van der Waals surface area (Å²) >= 11 is 6.04. The van der Waals surface area contributed by atoms with Crippen LogP contribution in [-0.4, -0.2) is 30.8 Å². The fourth-order valence-electron chi connectivity index (χ4n) is 4.63. The third kappa shape index (κ3) is 6.10. The average Bonchev–Trinajstić information content (AvgIpc) is 3.71. The zero-order valence-electron chi connectivity index (χ0n) is 20.5. The van der Waals surface area contributed by atoms with E-state index in [0.717, 1.165) is 14.0 Å². The molecular weight excluding hydrogens is 502 g/mol. The van der Waals surface area contributed by atoms with Gasteiger partial charge in [0.2, 0.25) is 0 Å². The molecule has 0 unspecified atom stereocenters. The van der Waals surface area contributed by atoms with E-state index in [-0.39, 0.29) is 18.1 Å². The first-order chi connectivity index (χ1) is 17.7. The molecule has 37 heavy (non-hydrogen) atoms. The van der Waals surface area contributed by atoms with Crippen molar-refractivity contribution in [2.24, 2.45) is 5.92 Å². The molecule has 1 aliphatic carbocycles. The maximum absolute atomic E-state index is 17.3. The highest BCUT2D eigenvalue weighted by atomic mass is 35.5. The lowest BCUT2D eigenvalue weighted by molar-refractivity contribution is -0.177. The van der Waals surface area contributed by atoms with Crippen LogP contribution < -0.4 is 4.74 Å². The minimum absolute atomic E-state index is 0.0794. The minimum Gasteiger partial charge on any atom is -0.467 e. The van der Waals surface area contributed by atoms with E-state index in [1.54, 1.807) is 54.6 Å². The zero-order chi connectivity index (χ0) is 26.6. The highest BCUT2D eigenvalue weighted by molar-refractivity contribution is 6.30. The van der Waals surface area contributed by atoms with Gasteiger partial charge in [0.25, 0.3) is 5.67 Å². The first-order valence-corrected chi connectivity index (χ1v) is 12.3. The molecule has 0 radical (unpaired) electrons. The molecule has 0 saturated heterocycles. The van der Waals surface area contributed by atoms with Gasteiger partial charge in [0.05, 0.1) is 7.11 Å². The normalized spacial score (nSPS) is 16.2. The predicted octanol–water partition coefficient (Wildman–Crippen LogP) is 6.82. The topological polar surface area (TPSA) is 61.8 Å². The molecule has 3 aromatic carbocycles. The van der Waals surface area contributed by atoms with Crippen LogP contribution >= 0.6 is 11.6 Å². The van der Waals surface area contributed by atoms with Gasteiger partial charge in [-0.1, -0.05) is 48.0 Å². The number of alkyl halides is 1. The number of esters is 2. The summed E-state index contributed by atoms with van der Waals surface area (Å²) in [7, 11) is 1.09. The van der Waals surface area contributed by atoms with Crippen LogP contribution in [0.15, 0.2) is 72.8 Å². The van der Waals surface area contributed by atoms with Crippen LogP contribution in [0.5, 0.6) is 11.5 Å². The summed E-state index contributed by atoms with van der Waals surface area (Å²) in [4.78, 5) is 25.2. The number of ether oxygens (including phenoxy) is 3. The van der Waals surface area contributed by atoms with Crippen LogP contribution in [0.3, 0.4) is 0 Å². The number of carbonyl (C=O) groups is 2. The van der Waals surface area contributed by atoms with Gasteiger partial charge in [-0.25, -0.2) is 13.6 Å². The van der Waals surface area contributed by atoms with Gasteiger partial charge in [-0.15, -0.1) is 0 Å². The molecular formula is C29H27ClF2O5. The fraction of sp³-hybridized carbons (Fsp3) is 0.310. The molecule has 0 aromatic heterocycles. The van der Waals surface area contributed by atoms with E-state index in [2.05, 4.69) is 0 Å². The number of hydrogen-bond acceptors (Lipinski definition) is 5. The van der Waals surface area contributed by atoms with E-state index in [4.69, 9.17) is 25.8 Å². The largest absolute Gasteiger partial charge is 0.467 e. The third-order valence-electron chi connectivity index (χ3n) is 6.44. The SMILES string of the molecule is COC(=O)[C@@](F)([C@H](Cc1ccc(F)c(Oc2ccccc2)c1)OC(C)=O)[C@@H](c1ccc(Cl)cc1)C1CC1. The van der Waals surface area contributed by atoms with E-state index in [0.29, 0.717) is 34.7 Å². The average molecular weight is 529 g/mol. The van der Waals surface area contributed by atoms with Gasteiger partial charge >= 0.3 is 11.9 Å². The van der Waals surface area contributed by atoms with Crippen molar-refractivity contribution < 1.29 is 32.6 Å². The van der Waals surface area contributed by atoms with Gasteiger partial charge in [-0.3, -0.25) is 4.79 Å². The smallest absolute Gasteiger partial charge is 0.348 e. The third-order valence-corrected chi connectivity index (χ3v) is 6.69. The fourth-order valence-corrected chi connectivity index (χ4v) is 4.76. The van der Waals surface area contributed by atoms with Crippen molar-refractivity contribution in [2.75, 3.05) is 7.11 Å². The quantitative estimate of drug-likeness (QED) is 0.270. The van der Waals surface area contributed by atoms with E-state index in [9.17, 15) is 14.0 Å². The lowest BCUT2D eigenvalue weighted by Gasteiger charge is -2.37. The molecule has 0 N–H and O–H groups in total. The molecule has 1 saturated carbocycles. The van der Waals surface area contributed by atoms with Gasteiger partial charge in [0, 0.05) is 24.3 Å². The maximum Gasteiger partial charge on any atom is 0.348 e. The lowest BCUT2D eigenvalue weighted by atomic mass is 9.75. The van der Waals surface area contributed by atoms with Crippen molar-refractivity contribution >= 4 is 23.5 Å². The summed E-state index contributed by atoms with van der Waals surface area (Å²) in [6.07, 6.45) is -0.357. The summed E-state index contributed by atoms with van der Waals surface area (Å²) in [5, 5.41) is 0.467. The number of rotatable bonds is 10. The second-order valence-electron chi connectivity index (χ2n) is 9.11. The summed E-state index contributed by atoms with van der Waals surface area (Å²) < 4.78 is 47.9. The number of hydrogen-bond donors (Lipinski definition) is 0. The Bertz CT molecular complexity index is 1250. The van der Waals surface area contributed by atoms with Crippen LogP contribution in [0.25, 0.3) is 0 Å². The van der Waals surface area contributed by atoms with Gasteiger partial charge in [-0.05, 0) is 66.3 Å². The molecule has 8 heteroatoms. The van der Waals surface area contributed by atoms with Gasteiger partial charge in [0.15, 0.2) is 17.7 Å². The molecule has 0 amide bonds. The van der Waals surface area contributed by atoms with Crippen molar-refractivity contribution in [3.63, 3.8) is 0 Å². The molecule has 3 aromatic rings. The predicted molar refractivity (Wildman–Crippen MR) is 135 cm³/mol. The van der Waals surface area contributed by atoms with E-state index in [1.165, 1.54) is 18.2 Å². The highest BCUT2D eigenvalue weighted by Gasteiger charge is 2.60. The second-order valence-corrected chi connectivity index (χ2v) is 9.54. The molecule has 0 aliphatic heterocycles. The lowest BCUT2D eigenvalue weighted by Crippen LogP contribution is -2.54. The number of para-hydroxylation sites is 1. The maximum atomic E-state index is 17.3. The van der Waals surface area contributed by atoms with Crippen LogP contribution in [0.4, 0.5) is 8.78 Å². The Morgan fingerprint density at radius 3 is 2.32 bits per heavy atom. The van der Waals surface area contributed by atoms with Crippen molar-refractivity contribution in [3.05, 3.63) is 94.8 Å². The summed E-state index contributed by atoms with van der Waals surface area (Å²) in [6.45, 7) is 1.15. The molecule has 1 fully saturated rings. The summed E-state index contributed by atoms with van der Waals surface area (Å²) in [5.41, 5.74) is -1.76. The first-order valence-electron chi connectivity index (χ1n) is 11.9. The number of carbonyl (C=O) groups excluding carboxylic acids is 2. The second kappa shape index (κ2) is 11.3. The highest BCUT2D eigenvalue weighted by Crippen LogP contribution is 2.52. The van der Waals surface area contributed by atoms with Gasteiger partial charge in [-0.2, -0.15) is 0 Å². The molecule has 194 valence electrons. The molecule has 0 spiro atoms. The Morgan fingerprint density at radius 2 is 1.73 bits per heavy atom. The van der Waals surface area contributed by atoms with Crippen molar-refractivity contribution in [3.8, 4) is 11.5 Å². The standard InChI is InChI=1S/C29H27ClF2O5/c1-18(33)36-26(17-19-8-15-24(31)25(16-19)37-23-6-4-3-5-7-23)29(32,28(34)35-2)27(20-9-10-20)21-11-13-22(30)14-12-21/h3-8,11-16,20,26-27H,9-10,17H2,1-2H3/t26-,27+,29+/m0/s1. The Kier molecular flexibility index (Phi) is 8.13. The Morgan fingerprint density at radius 1 is 1.05 bits per heavy atom. The molecule has 1 aliphatic rings. The van der Waals surface area contributed by atoms with Crippen LogP contribution in [-0.2, 0) is 25.5 Å².